The first-order valence-corrected chi connectivity index (χ1v) is 13.2. The van der Waals surface area contributed by atoms with Crippen molar-refractivity contribution in [3.8, 4) is 17.2 Å². The number of carboxylic acid groups (broad SMARTS) is 1. The molecule has 0 spiro atoms. The highest BCUT2D eigenvalue weighted by molar-refractivity contribution is 6.30. The van der Waals surface area contributed by atoms with Crippen LogP contribution < -0.4 is 24.4 Å². The summed E-state index contributed by atoms with van der Waals surface area (Å²) in [6.07, 6.45) is -4.62. The molecule has 0 bridgehead atoms. The van der Waals surface area contributed by atoms with E-state index >= 15 is 0 Å². The maximum absolute atomic E-state index is 14.7. The molecule has 0 radical (unpaired) electrons. The zero-order chi connectivity index (χ0) is 30.2. The number of carboxylic acids is 1. The Bertz CT molecular complexity index is 1500. The Kier molecular flexibility index (Phi) is 7.84. The van der Waals surface area contributed by atoms with Gasteiger partial charge >= 0.3 is 12.3 Å². The number of halogens is 5. The summed E-state index contributed by atoms with van der Waals surface area (Å²) < 4.78 is 68.2. The smallest absolute Gasteiger partial charge is 0.497 e. The van der Waals surface area contributed by atoms with Gasteiger partial charge in [0.05, 0.1) is 18.7 Å². The minimum Gasteiger partial charge on any atom is -0.497 e. The molecule has 5 rings (SSSR count). The fourth-order valence-electron chi connectivity index (χ4n) is 4.86. The first-order chi connectivity index (χ1) is 19.8. The number of hydrogen-bond acceptors (Lipinski definition) is 6. The SMILES string of the molecule is COc1cc(NC(C(=O)N2CCc3ccc(OC(F)(F)F)cc32)c2ccc(Cl)cc2)cc(OCC2(F)CC2C(=O)O)c1. The van der Waals surface area contributed by atoms with Crippen molar-refractivity contribution in [2.45, 2.75) is 30.9 Å². The number of methoxy groups -OCH3 is 1. The van der Waals surface area contributed by atoms with E-state index in [1.54, 1.807) is 30.3 Å². The molecule has 222 valence electrons. The van der Waals surface area contributed by atoms with Gasteiger partial charge in [0.25, 0.3) is 5.91 Å². The van der Waals surface area contributed by atoms with Gasteiger partial charge < -0.3 is 29.5 Å². The molecule has 3 atom stereocenters. The third-order valence-corrected chi connectivity index (χ3v) is 7.37. The molecule has 2 aliphatic rings. The van der Waals surface area contributed by atoms with Crippen molar-refractivity contribution >= 4 is 34.9 Å². The first kappa shape index (κ1) is 29.3. The van der Waals surface area contributed by atoms with E-state index in [4.69, 9.17) is 26.2 Å². The number of carbonyl (C=O) groups is 2. The number of aliphatic carboxylic acids is 1. The Hall–Kier alpha value is -4.19. The highest BCUT2D eigenvalue weighted by Gasteiger charge is 2.61. The lowest BCUT2D eigenvalue weighted by molar-refractivity contribution is -0.274. The standard InChI is InChI=1S/C29H25ClF4N2O6/c1-40-21-10-19(11-22(12-21)41-15-28(31)14-23(28)27(38)39)35-25(17-2-5-18(30)6-3-17)26(37)36-9-8-16-4-7-20(13-24(16)36)42-29(32,33)34/h2-7,10-13,23,25,35H,8-9,14-15H2,1H3,(H,38,39). The van der Waals surface area contributed by atoms with E-state index < -0.39 is 48.2 Å². The number of carbonyl (C=O) groups excluding carboxylic acids is 1. The van der Waals surface area contributed by atoms with Crippen LogP contribution in [0.1, 0.15) is 23.6 Å². The molecule has 2 N–H and O–H groups in total. The van der Waals surface area contributed by atoms with Crippen LogP contribution in [0.4, 0.5) is 28.9 Å². The quantitative estimate of drug-likeness (QED) is 0.265. The van der Waals surface area contributed by atoms with Gasteiger partial charge in [0.15, 0.2) is 5.67 Å². The van der Waals surface area contributed by atoms with Gasteiger partial charge in [-0.05, 0) is 35.7 Å². The Morgan fingerprint density at radius 1 is 1.10 bits per heavy atom. The third-order valence-electron chi connectivity index (χ3n) is 7.11. The maximum atomic E-state index is 14.7. The molecule has 1 aliphatic heterocycles. The number of amides is 1. The van der Waals surface area contributed by atoms with E-state index in [2.05, 4.69) is 10.1 Å². The number of hydrogen-bond donors (Lipinski definition) is 2. The van der Waals surface area contributed by atoms with Gasteiger partial charge in [-0.15, -0.1) is 13.2 Å². The molecular formula is C29H25ClF4N2O6. The van der Waals surface area contributed by atoms with Crippen LogP contribution in [0, 0.1) is 5.92 Å². The summed E-state index contributed by atoms with van der Waals surface area (Å²) in [6, 6.07) is 13.9. The highest BCUT2D eigenvalue weighted by atomic mass is 35.5. The van der Waals surface area contributed by atoms with Gasteiger partial charge in [0, 0.05) is 47.9 Å². The zero-order valence-electron chi connectivity index (χ0n) is 22.1. The highest BCUT2D eigenvalue weighted by Crippen LogP contribution is 2.48. The molecule has 1 saturated carbocycles. The minimum atomic E-state index is -4.89. The van der Waals surface area contributed by atoms with E-state index in [1.165, 1.54) is 42.3 Å². The van der Waals surface area contributed by atoms with Crippen LogP contribution in [0.25, 0.3) is 0 Å². The molecule has 3 unspecified atom stereocenters. The maximum Gasteiger partial charge on any atom is 0.573 e. The van der Waals surface area contributed by atoms with Crippen LogP contribution >= 0.6 is 11.6 Å². The van der Waals surface area contributed by atoms with Crippen LogP contribution in [0.2, 0.25) is 5.02 Å². The number of anilines is 2. The molecule has 1 amide bonds. The van der Waals surface area contributed by atoms with Crippen molar-refractivity contribution in [3.63, 3.8) is 0 Å². The van der Waals surface area contributed by atoms with Crippen molar-refractivity contribution < 1.29 is 46.5 Å². The molecule has 1 fully saturated rings. The average molecular weight is 609 g/mol. The van der Waals surface area contributed by atoms with E-state index in [0.29, 0.717) is 39.7 Å². The van der Waals surface area contributed by atoms with Gasteiger partial charge in [-0.25, -0.2) is 4.39 Å². The minimum absolute atomic E-state index is 0.155. The molecule has 0 aromatic heterocycles. The van der Waals surface area contributed by atoms with Gasteiger partial charge in [-0.2, -0.15) is 0 Å². The largest absolute Gasteiger partial charge is 0.573 e. The van der Waals surface area contributed by atoms with E-state index in [9.17, 15) is 27.2 Å². The van der Waals surface area contributed by atoms with Gasteiger partial charge in [-0.3, -0.25) is 9.59 Å². The van der Waals surface area contributed by atoms with Crippen LogP contribution in [0.15, 0.2) is 60.7 Å². The number of fused-ring (bicyclic) bond motifs is 1. The van der Waals surface area contributed by atoms with Crippen molar-refractivity contribution in [2.75, 3.05) is 30.5 Å². The number of nitrogens with zero attached hydrogens (tertiary/aromatic N) is 1. The fraction of sp³-hybridized carbons (Fsp3) is 0.310. The Labute approximate surface area is 242 Å². The van der Waals surface area contributed by atoms with Crippen molar-refractivity contribution in [2.24, 2.45) is 5.92 Å². The second kappa shape index (κ2) is 11.2. The monoisotopic (exact) mass is 608 g/mol. The molecule has 8 nitrogen and oxygen atoms in total. The Balaban J connectivity index is 1.43. The molecular weight excluding hydrogens is 584 g/mol. The number of ether oxygens (including phenoxy) is 3. The molecule has 13 heteroatoms. The summed E-state index contributed by atoms with van der Waals surface area (Å²) in [5.41, 5.74) is -0.143. The van der Waals surface area contributed by atoms with Crippen molar-refractivity contribution in [1.82, 2.24) is 0 Å². The van der Waals surface area contributed by atoms with Gasteiger partial charge in [0.2, 0.25) is 0 Å². The first-order valence-electron chi connectivity index (χ1n) is 12.8. The third kappa shape index (κ3) is 6.48. The van der Waals surface area contributed by atoms with Gasteiger partial charge in [-0.1, -0.05) is 29.8 Å². The molecule has 1 heterocycles. The molecule has 42 heavy (non-hydrogen) atoms. The van der Waals surface area contributed by atoms with E-state index in [-0.39, 0.29) is 18.7 Å². The molecule has 3 aromatic rings. The fourth-order valence-corrected chi connectivity index (χ4v) is 4.98. The lowest BCUT2D eigenvalue weighted by atomic mass is 10.0. The molecule has 3 aromatic carbocycles. The summed E-state index contributed by atoms with van der Waals surface area (Å²) in [6.45, 7) is -0.256. The lowest BCUT2D eigenvalue weighted by Gasteiger charge is -2.27. The Morgan fingerprint density at radius 2 is 1.81 bits per heavy atom. The number of alkyl halides is 4. The second-order valence-electron chi connectivity index (χ2n) is 10.0. The van der Waals surface area contributed by atoms with Crippen molar-refractivity contribution in [3.05, 3.63) is 76.8 Å². The number of rotatable bonds is 10. The summed E-state index contributed by atoms with van der Waals surface area (Å²) in [4.78, 5) is 26.5. The van der Waals surface area contributed by atoms with Crippen LogP contribution in [-0.4, -0.2) is 49.3 Å². The summed E-state index contributed by atoms with van der Waals surface area (Å²) in [5.74, 6) is -2.80. The van der Waals surface area contributed by atoms with Crippen LogP contribution in [0.3, 0.4) is 0 Å². The number of nitrogens with one attached hydrogen (secondary N) is 1. The Morgan fingerprint density at radius 3 is 2.45 bits per heavy atom. The lowest BCUT2D eigenvalue weighted by Crippen LogP contribution is -2.37. The summed E-state index contributed by atoms with van der Waals surface area (Å²) in [7, 11) is 1.41. The summed E-state index contributed by atoms with van der Waals surface area (Å²) >= 11 is 6.07. The second-order valence-corrected chi connectivity index (χ2v) is 10.5. The van der Waals surface area contributed by atoms with Crippen LogP contribution in [0.5, 0.6) is 17.2 Å². The average Bonchev–Trinajstić information content (AvgIpc) is 3.45. The number of benzene rings is 3. The molecule has 0 saturated heterocycles. The predicted molar refractivity (Wildman–Crippen MR) is 145 cm³/mol. The zero-order valence-corrected chi connectivity index (χ0v) is 22.8. The van der Waals surface area contributed by atoms with Gasteiger partial charge in [0.1, 0.15) is 29.9 Å². The topological polar surface area (TPSA) is 97.3 Å². The predicted octanol–water partition coefficient (Wildman–Crippen LogP) is 6.18. The van der Waals surface area contributed by atoms with E-state index in [1.807, 2.05) is 0 Å². The van der Waals surface area contributed by atoms with Crippen molar-refractivity contribution in [1.29, 1.82) is 0 Å². The van der Waals surface area contributed by atoms with E-state index in [0.717, 1.165) is 0 Å². The molecule has 1 aliphatic carbocycles. The summed E-state index contributed by atoms with van der Waals surface area (Å²) in [5, 5.41) is 12.6. The normalized spacial score (nSPS) is 20.0. The van der Waals surface area contributed by atoms with Crippen LogP contribution in [-0.2, 0) is 16.0 Å².